The average molecular weight is 441 g/mol. The molecule has 2 heterocycles. The first-order valence-electron chi connectivity index (χ1n) is 10.6. The summed E-state index contributed by atoms with van der Waals surface area (Å²) in [6.07, 6.45) is 0. The van der Waals surface area contributed by atoms with E-state index in [9.17, 15) is 0 Å². The molecule has 0 fully saturated rings. The zero-order valence-electron chi connectivity index (χ0n) is 17.7. The number of nitrogens with two attached hydrogens (primary N) is 1. The molecule has 0 saturated heterocycles. The highest BCUT2D eigenvalue weighted by atomic mass is 32.1. The molecule has 160 valence electrons. The fourth-order valence-corrected chi connectivity index (χ4v) is 4.77. The van der Waals surface area contributed by atoms with Gasteiger partial charge in [0.25, 0.3) is 0 Å². The van der Waals surface area contributed by atoms with Gasteiger partial charge in [0.05, 0.1) is 11.2 Å². The predicted molar refractivity (Wildman–Crippen MR) is 131 cm³/mol. The van der Waals surface area contributed by atoms with E-state index in [4.69, 9.17) is 5.73 Å². The third kappa shape index (κ3) is 4.12. The van der Waals surface area contributed by atoms with Crippen molar-refractivity contribution in [3.63, 3.8) is 0 Å². The first kappa shape index (κ1) is 20.4. The highest BCUT2D eigenvalue weighted by molar-refractivity contribution is 7.18. The molecule has 5 aromatic rings. The van der Waals surface area contributed by atoms with Crippen molar-refractivity contribution in [3.05, 3.63) is 95.7 Å². The van der Waals surface area contributed by atoms with Crippen LogP contribution in [-0.2, 0) is 0 Å². The predicted octanol–water partition coefficient (Wildman–Crippen LogP) is 4.96. The van der Waals surface area contributed by atoms with E-state index in [1.165, 1.54) is 22.5 Å². The number of aromatic amines is 1. The van der Waals surface area contributed by atoms with Gasteiger partial charge in [-0.2, -0.15) is 5.10 Å². The number of hydrogen-bond acceptors (Lipinski definition) is 6. The fourth-order valence-electron chi connectivity index (χ4n) is 4.02. The first-order chi connectivity index (χ1) is 15.7. The highest BCUT2D eigenvalue weighted by Gasteiger charge is 2.22. The lowest BCUT2D eigenvalue weighted by atomic mass is 9.85. The molecule has 2 aromatic heterocycles. The maximum Gasteiger partial charge on any atom is 0.206 e. The van der Waals surface area contributed by atoms with Crippen molar-refractivity contribution >= 4 is 27.4 Å². The number of aromatic nitrogens is 4. The van der Waals surface area contributed by atoms with Crippen LogP contribution in [0, 0.1) is 6.92 Å². The van der Waals surface area contributed by atoms with Gasteiger partial charge < -0.3 is 11.1 Å². The maximum absolute atomic E-state index is 6.70. The van der Waals surface area contributed by atoms with Crippen LogP contribution in [0.5, 0.6) is 0 Å². The van der Waals surface area contributed by atoms with Crippen molar-refractivity contribution in [2.45, 2.75) is 18.9 Å². The number of rotatable bonds is 7. The van der Waals surface area contributed by atoms with Gasteiger partial charge in [0.15, 0.2) is 0 Å². The van der Waals surface area contributed by atoms with E-state index in [0.717, 1.165) is 32.3 Å². The molecule has 0 bridgehead atoms. The summed E-state index contributed by atoms with van der Waals surface area (Å²) in [4.78, 5) is 0. The summed E-state index contributed by atoms with van der Waals surface area (Å²) in [6.45, 7) is 2.58. The van der Waals surface area contributed by atoms with Gasteiger partial charge in [-0.25, -0.2) is 0 Å². The van der Waals surface area contributed by atoms with Gasteiger partial charge >= 0.3 is 0 Å². The van der Waals surface area contributed by atoms with E-state index in [-0.39, 0.29) is 12.0 Å². The summed E-state index contributed by atoms with van der Waals surface area (Å²) in [5.41, 5.74) is 12.1. The summed E-state index contributed by atoms with van der Waals surface area (Å²) in [5, 5.41) is 22.1. The second-order valence-electron chi connectivity index (χ2n) is 7.83. The minimum atomic E-state index is -0.128. The summed E-state index contributed by atoms with van der Waals surface area (Å²) < 4.78 is 0. The quantitative estimate of drug-likeness (QED) is 0.333. The smallest absolute Gasteiger partial charge is 0.206 e. The molecule has 0 aliphatic carbocycles. The van der Waals surface area contributed by atoms with Crippen LogP contribution in [0.1, 0.15) is 22.7 Å². The first-order valence-corrected chi connectivity index (χ1v) is 11.4. The van der Waals surface area contributed by atoms with Crippen LogP contribution >= 0.6 is 11.3 Å². The summed E-state index contributed by atoms with van der Waals surface area (Å²) in [5.74, 6) is 0.0868. The maximum atomic E-state index is 6.70. The van der Waals surface area contributed by atoms with Gasteiger partial charge in [0.1, 0.15) is 5.01 Å². The van der Waals surface area contributed by atoms with Crippen LogP contribution in [0.3, 0.4) is 0 Å². The molecule has 3 aromatic carbocycles. The summed E-state index contributed by atoms with van der Waals surface area (Å²) >= 11 is 1.53. The van der Waals surface area contributed by atoms with Crippen molar-refractivity contribution in [2.75, 3.05) is 11.9 Å². The Balaban J connectivity index is 1.33. The molecule has 32 heavy (non-hydrogen) atoms. The molecule has 1 atom stereocenters. The van der Waals surface area contributed by atoms with Crippen LogP contribution in [0.4, 0.5) is 5.13 Å². The van der Waals surface area contributed by atoms with E-state index < -0.39 is 0 Å². The minimum Gasteiger partial charge on any atom is -0.358 e. The minimum absolute atomic E-state index is 0.0868. The molecule has 1 unspecified atom stereocenters. The molecule has 0 spiro atoms. The largest absolute Gasteiger partial charge is 0.358 e. The molecule has 0 radical (unpaired) electrons. The van der Waals surface area contributed by atoms with E-state index in [1.807, 2.05) is 31.2 Å². The van der Waals surface area contributed by atoms with Gasteiger partial charge in [0.2, 0.25) is 5.13 Å². The molecule has 7 heteroatoms. The number of aryl methyl sites for hydroxylation is 1. The van der Waals surface area contributed by atoms with Gasteiger partial charge in [-0.15, -0.1) is 10.2 Å². The molecule has 0 amide bonds. The highest BCUT2D eigenvalue weighted by Crippen LogP contribution is 2.31. The molecule has 5 rings (SSSR count). The standard InChI is InChI=1S/C25H24N6S/c1-16-20-14-19(12-13-22(20)29-28-16)24-30-31-25(32-24)27-15-21(26)23(17-8-4-2-5-9-17)18-10-6-3-7-11-18/h2-14,21,23H,15,26H2,1H3,(H,27,31)(H,28,29). The number of benzene rings is 3. The molecule has 4 N–H and O–H groups in total. The fraction of sp³-hybridized carbons (Fsp3) is 0.160. The Morgan fingerprint density at radius 3 is 2.31 bits per heavy atom. The van der Waals surface area contributed by atoms with Crippen LogP contribution in [0.15, 0.2) is 78.9 Å². The van der Waals surface area contributed by atoms with Gasteiger partial charge in [0, 0.05) is 29.5 Å². The number of fused-ring (bicyclic) bond motifs is 1. The Bertz CT molecular complexity index is 1270. The monoisotopic (exact) mass is 440 g/mol. The third-order valence-corrected chi connectivity index (χ3v) is 6.59. The lowest BCUT2D eigenvalue weighted by molar-refractivity contribution is 0.617. The van der Waals surface area contributed by atoms with Crippen LogP contribution in [-0.4, -0.2) is 33.0 Å². The van der Waals surface area contributed by atoms with E-state index in [1.54, 1.807) is 0 Å². The van der Waals surface area contributed by atoms with Crippen molar-refractivity contribution in [1.29, 1.82) is 0 Å². The molecule has 6 nitrogen and oxygen atoms in total. The van der Waals surface area contributed by atoms with Crippen molar-refractivity contribution in [2.24, 2.45) is 5.73 Å². The Hall–Kier alpha value is -3.55. The van der Waals surface area contributed by atoms with Crippen LogP contribution < -0.4 is 11.1 Å². The topological polar surface area (TPSA) is 92.5 Å². The number of H-pyrrole nitrogens is 1. The van der Waals surface area contributed by atoms with E-state index >= 15 is 0 Å². The number of hydrogen-bond donors (Lipinski definition) is 3. The molecule has 0 aliphatic heterocycles. The molecule has 0 saturated carbocycles. The van der Waals surface area contributed by atoms with Gasteiger partial charge in [-0.05, 0) is 36.2 Å². The Morgan fingerprint density at radius 2 is 1.62 bits per heavy atom. The Morgan fingerprint density at radius 1 is 0.938 bits per heavy atom. The van der Waals surface area contributed by atoms with Gasteiger partial charge in [-0.1, -0.05) is 72.0 Å². The SMILES string of the molecule is Cc1n[nH]c2ccc(-c3nnc(NCC(N)C(c4ccccc4)c4ccccc4)s3)cc12. The van der Waals surface area contributed by atoms with Crippen molar-refractivity contribution < 1.29 is 0 Å². The Labute approximate surface area is 190 Å². The van der Waals surface area contributed by atoms with Crippen LogP contribution in [0.25, 0.3) is 21.5 Å². The number of nitrogens with one attached hydrogen (secondary N) is 2. The second-order valence-corrected chi connectivity index (χ2v) is 8.80. The number of anilines is 1. The zero-order valence-corrected chi connectivity index (χ0v) is 18.5. The second kappa shape index (κ2) is 8.90. The van der Waals surface area contributed by atoms with Crippen molar-refractivity contribution in [1.82, 2.24) is 20.4 Å². The van der Waals surface area contributed by atoms with E-state index in [2.05, 4.69) is 80.3 Å². The van der Waals surface area contributed by atoms with E-state index in [0.29, 0.717) is 6.54 Å². The third-order valence-electron chi connectivity index (χ3n) is 5.66. The lowest BCUT2D eigenvalue weighted by Gasteiger charge is -2.25. The average Bonchev–Trinajstić information content (AvgIpc) is 3.46. The molecule has 0 aliphatic rings. The van der Waals surface area contributed by atoms with Crippen molar-refractivity contribution in [3.8, 4) is 10.6 Å². The Kier molecular flexibility index (Phi) is 5.66. The molecular weight excluding hydrogens is 416 g/mol. The van der Waals surface area contributed by atoms with Crippen LogP contribution in [0.2, 0.25) is 0 Å². The molecular formula is C25H24N6S. The summed E-state index contributed by atoms with van der Waals surface area (Å²) in [6, 6.07) is 26.9. The number of nitrogens with zero attached hydrogens (tertiary/aromatic N) is 3. The normalized spacial score (nSPS) is 12.3. The zero-order chi connectivity index (χ0) is 21.9. The summed E-state index contributed by atoms with van der Waals surface area (Å²) in [7, 11) is 0. The lowest BCUT2D eigenvalue weighted by Crippen LogP contribution is -2.36. The van der Waals surface area contributed by atoms with Gasteiger partial charge in [-0.3, -0.25) is 5.10 Å².